The molecule has 0 aliphatic heterocycles. The lowest BCUT2D eigenvalue weighted by Crippen LogP contribution is -2.03. The second kappa shape index (κ2) is 4.10. The molecule has 2 heteroatoms. The Morgan fingerprint density at radius 1 is 1.46 bits per heavy atom. The predicted octanol–water partition coefficient (Wildman–Crippen LogP) is 2.09. The highest BCUT2D eigenvalue weighted by Crippen LogP contribution is 2.26. The van der Waals surface area contributed by atoms with Crippen molar-refractivity contribution in [3.63, 3.8) is 0 Å². The number of rotatable bonds is 3. The zero-order valence-electron chi connectivity index (χ0n) is 7.95. The van der Waals surface area contributed by atoms with E-state index in [0.29, 0.717) is 5.57 Å². The average molecular weight is 178 g/mol. The summed E-state index contributed by atoms with van der Waals surface area (Å²) >= 11 is 0. The number of para-hydroxylation sites is 1. The predicted molar refractivity (Wildman–Crippen MR) is 53.7 cm³/mol. The molecular weight excluding hydrogens is 164 g/mol. The van der Waals surface area contributed by atoms with Crippen LogP contribution in [0.5, 0.6) is 5.75 Å². The minimum atomic E-state index is -0.545. The zero-order valence-corrected chi connectivity index (χ0v) is 7.95. The molecule has 0 unspecified atom stereocenters. The van der Waals surface area contributed by atoms with Gasteiger partial charge in [-0.25, -0.2) is 0 Å². The summed E-state index contributed by atoms with van der Waals surface area (Å²) in [5, 5.41) is 9.34. The van der Waals surface area contributed by atoms with Gasteiger partial charge in [-0.05, 0) is 18.6 Å². The first-order valence-electron chi connectivity index (χ1n) is 4.17. The number of ether oxygens (including phenoxy) is 1. The first-order valence-corrected chi connectivity index (χ1v) is 4.17. The highest BCUT2D eigenvalue weighted by Gasteiger charge is 2.09. The second-order valence-corrected chi connectivity index (χ2v) is 2.90. The highest BCUT2D eigenvalue weighted by atomic mass is 16.5. The summed E-state index contributed by atoms with van der Waals surface area (Å²) in [6.07, 6.45) is -0.545. The van der Waals surface area contributed by atoms with Crippen LogP contribution in [0, 0.1) is 0 Å². The Bertz CT molecular complexity index is 303. The first-order chi connectivity index (χ1) is 6.16. The Hall–Kier alpha value is -1.28. The maximum absolute atomic E-state index is 9.34. The molecule has 0 bridgehead atoms. The van der Waals surface area contributed by atoms with E-state index >= 15 is 0 Å². The van der Waals surface area contributed by atoms with Gasteiger partial charge in [0.25, 0.3) is 0 Å². The lowest BCUT2D eigenvalue weighted by atomic mass is 10.0. The molecule has 0 heterocycles. The highest BCUT2D eigenvalue weighted by molar-refractivity contribution is 5.71. The standard InChI is InChI=1S/C11H14O2/c1-8(9(2)12)10-6-4-5-7-11(10)13-3/h4-7,9,12H,1H2,2-3H3/t9-/m1/s1. The van der Waals surface area contributed by atoms with Crippen molar-refractivity contribution in [2.24, 2.45) is 0 Å². The smallest absolute Gasteiger partial charge is 0.126 e. The Balaban J connectivity index is 3.06. The maximum atomic E-state index is 9.34. The summed E-state index contributed by atoms with van der Waals surface area (Å²) in [7, 11) is 1.61. The van der Waals surface area contributed by atoms with Gasteiger partial charge in [-0.3, -0.25) is 0 Å². The summed E-state index contributed by atoms with van der Waals surface area (Å²) in [6, 6.07) is 7.51. The molecule has 0 spiro atoms. The summed E-state index contributed by atoms with van der Waals surface area (Å²) < 4.78 is 5.14. The zero-order chi connectivity index (χ0) is 9.84. The molecule has 70 valence electrons. The SMILES string of the molecule is C=C(c1ccccc1OC)[C@@H](C)O. The van der Waals surface area contributed by atoms with Crippen LogP contribution in [-0.2, 0) is 0 Å². The fourth-order valence-electron chi connectivity index (χ4n) is 1.13. The first kappa shape index (κ1) is 9.81. The third-order valence-electron chi connectivity index (χ3n) is 1.96. The van der Waals surface area contributed by atoms with Gasteiger partial charge >= 0.3 is 0 Å². The van der Waals surface area contributed by atoms with Crippen LogP contribution in [-0.4, -0.2) is 18.3 Å². The number of hydrogen-bond donors (Lipinski definition) is 1. The summed E-state index contributed by atoms with van der Waals surface area (Å²) in [5.41, 5.74) is 1.54. The van der Waals surface area contributed by atoms with Crippen LogP contribution in [0.15, 0.2) is 30.8 Å². The van der Waals surface area contributed by atoms with Crippen molar-refractivity contribution in [1.82, 2.24) is 0 Å². The number of aliphatic hydroxyl groups excluding tert-OH is 1. The topological polar surface area (TPSA) is 29.5 Å². The van der Waals surface area contributed by atoms with E-state index < -0.39 is 6.10 Å². The van der Waals surface area contributed by atoms with E-state index in [1.54, 1.807) is 14.0 Å². The Labute approximate surface area is 78.5 Å². The van der Waals surface area contributed by atoms with Crippen molar-refractivity contribution >= 4 is 5.57 Å². The van der Waals surface area contributed by atoms with E-state index in [-0.39, 0.29) is 0 Å². The molecule has 1 rings (SSSR count). The third-order valence-corrected chi connectivity index (χ3v) is 1.96. The molecule has 0 saturated heterocycles. The lowest BCUT2D eigenvalue weighted by Gasteiger charge is -2.12. The van der Waals surface area contributed by atoms with Gasteiger partial charge in [0, 0.05) is 5.56 Å². The average Bonchev–Trinajstić information content (AvgIpc) is 2.16. The van der Waals surface area contributed by atoms with Crippen molar-refractivity contribution in [2.75, 3.05) is 7.11 Å². The Kier molecular flexibility index (Phi) is 3.09. The van der Waals surface area contributed by atoms with Crippen LogP contribution >= 0.6 is 0 Å². The molecule has 1 aromatic carbocycles. The Morgan fingerprint density at radius 3 is 2.62 bits per heavy atom. The van der Waals surface area contributed by atoms with Gasteiger partial charge in [-0.15, -0.1) is 0 Å². The van der Waals surface area contributed by atoms with Gasteiger partial charge in [-0.1, -0.05) is 24.8 Å². The van der Waals surface area contributed by atoms with Crippen LogP contribution in [0.2, 0.25) is 0 Å². The lowest BCUT2D eigenvalue weighted by molar-refractivity contribution is 0.253. The molecule has 13 heavy (non-hydrogen) atoms. The normalized spacial score (nSPS) is 12.2. The molecule has 0 saturated carbocycles. The largest absolute Gasteiger partial charge is 0.496 e. The van der Waals surface area contributed by atoms with Crippen molar-refractivity contribution < 1.29 is 9.84 Å². The van der Waals surface area contributed by atoms with Crippen molar-refractivity contribution in [3.8, 4) is 5.75 Å². The van der Waals surface area contributed by atoms with E-state index in [2.05, 4.69) is 6.58 Å². The van der Waals surface area contributed by atoms with Crippen molar-refractivity contribution in [2.45, 2.75) is 13.0 Å². The molecule has 1 atom stereocenters. The molecule has 0 amide bonds. The van der Waals surface area contributed by atoms with Gasteiger partial charge < -0.3 is 9.84 Å². The van der Waals surface area contributed by atoms with Gasteiger partial charge in [0.2, 0.25) is 0 Å². The number of hydrogen-bond acceptors (Lipinski definition) is 2. The second-order valence-electron chi connectivity index (χ2n) is 2.90. The van der Waals surface area contributed by atoms with E-state index in [1.165, 1.54) is 0 Å². The quantitative estimate of drug-likeness (QED) is 0.768. The summed E-state index contributed by atoms with van der Waals surface area (Å²) in [4.78, 5) is 0. The van der Waals surface area contributed by atoms with Gasteiger partial charge in [-0.2, -0.15) is 0 Å². The van der Waals surface area contributed by atoms with Crippen LogP contribution in [0.25, 0.3) is 5.57 Å². The van der Waals surface area contributed by atoms with Crippen molar-refractivity contribution in [3.05, 3.63) is 36.4 Å². The van der Waals surface area contributed by atoms with E-state index in [1.807, 2.05) is 24.3 Å². The maximum Gasteiger partial charge on any atom is 0.126 e. The van der Waals surface area contributed by atoms with Crippen LogP contribution in [0.4, 0.5) is 0 Å². The van der Waals surface area contributed by atoms with E-state index in [0.717, 1.165) is 11.3 Å². The fraction of sp³-hybridized carbons (Fsp3) is 0.273. The van der Waals surface area contributed by atoms with E-state index in [9.17, 15) is 5.11 Å². The van der Waals surface area contributed by atoms with Crippen LogP contribution < -0.4 is 4.74 Å². The molecule has 1 aromatic rings. The minimum absolute atomic E-state index is 0.545. The number of aliphatic hydroxyl groups is 1. The van der Waals surface area contributed by atoms with Gasteiger partial charge in [0.05, 0.1) is 13.2 Å². The Morgan fingerprint density at radius 2 is 2.08 bits per heavy atom. The van der Waals surface area contributed by atoms with Crippen LogP contribution in [0.3, 0.4) is 0 Å². The molecule has 0 fully saturated rings. The monoisotopic (exact) mass is 178 g/mol. The molecule has 0 radical (unpaired) electrons. The fourth-order valence-corrected chi connectivity index (χ4v) is 1.13. The molecule has 0 aliphatic rings. The molecule has 1 N–H and O–H groups in total. The number of benzene rings is 1. The summed E-state index contributed by atoms with van der Waals surface area (Å²) in [6.45, 7) is 5.49. The molecule has 0 aromatic heterocycles. The molecule has 2 nitrogen and oxygen atoms in total. The van der Waals surface area contributed by atoms with Gasteiger partial charge in [0.15, 0.2) is 0 Å². The van der Waals surface area contributed by atoms with Gasteiger partial charge in [0.1, 0.15) is 5.75 Å². The number of methoxy groups -OCH3 is 1. The summed E-state index contributed by atoms with van der Waals surface area (Å²) in [5.74, 6) is 0.744. The third kappa shape index (κ3) is 2.10. The van der Waals surface area contributed by atoms with E-state index in [4.69, 9.17) is 4.74 Å². The molecular formula is C11H14O2. The minimum Gasteiger partial charge on any atom is -0.496 e. The van der Waals surface area contributed by atoms with Crippen LogP contribution in [0.1, 0.15) is 12.5 Å². The van der Waals surface area contributed by atoms with Crippen molar-refractivity contribution in [1.29, 1.82) is 0 Å². The molecule has 0 aliphatic carbocycles.